The largest absolute Gasteiger partial charge is 0.452 e. The molecule has 0 saturated carbocycles. The summed E-state index contributed by atoms with van der Waals surface area (Å²) in [6.45, 7) is 0.184. The Kier molecular flexibility index (Phi) is 6.58. The topological polar surface area (TPSA) is 49.9 Å². The first-order chi connectivity index (χ1) is 11.9. The lowest BCUT2D eigenvalue weighted by atomic mass is 10.2. The number of esters is 1. The number of nitrogens with zero attached hydrogens (tertiary/aromatic N) is 2. The Morgan fingerprint density at radius 3 is 2.12 bits per heavy atom. The second-order valence-corrected chi connectivity index (χ2v) is 6.81. The number of ether oxygens (including phenoxy) is 1. The second-order valence-electron chi connectivity index (χ2n) is 5.89. The molecular weight excluding hydrogens is 384 g/mol. The van der Waals surface area contributed by atoms with Crippen molar-refractivity contribution in [2.24, 2.45) is 0 Å². The van der Waals surface area contributed by atoms with Crippen LogP contribution in [0.2, 0.25) is 0 Å². The number of amides is 1. The van der Waals surface area contributed by atoms with E-state index < -0.39 is 5.97 Å². The van der Waals surface area contributed by atoms with Gasteiger partial charge in [-0.05, 0) is 42.0 Å². The Morgan fingerprint density at radius 2 is 1.56 bits per heavy atom. The first kappa shape index (κ1) is 19.0. The van der Waals surface area contributed by atoms with E-state index in [1.54, 1.807) is 36.2 Å². The molecule has 0 aliphatic carbocycles. The van der Waals surface area contributed by atoms with Gasteiger partial charge in [-0.25, -0.2) is 4.79 Å². The quantitative estimate of drug-likeness (QED) is 0.692. The summed E-state index contributed by atoms with van der Waals surface area (Å²) in [5.74, 6) is -0.758. The van der Waals surface area contributed by atoms with Gasteiger partial charge in [-0.2, -0.15) is 0 Å². The molecule has 0 fully saturated rings. The van der Waals surface area contributed by atoms with Gasteiger partial charge < -0.3 is 14.5 Å². The van der Waals surface area contributed by atoms with Gasteiger partial charge >= 0.3 is 5.97 Å². The van der Waals surface area contributed by atoms with Crippen LogP contribution in [0, 0.1) is 0 Å². The summed E-state index contributed by atoms with van der Waals surface area (Å²) in [5, 5.41) is 0. The van der Waals surface area contributed by atoms with Crippen molar-refractivity contribution in [3.63, 3.8) is 0 Å². The van der Waals surface area contributed by atoms with Crippen molar-refractivity contribution in [2.75, 3.05) is 32.6 Å². The average Bonchev–Trinajstić information content (AvgIpc) is 2.60. The van der Waals surface area contributed by atoms with Crippen LogP contribution < -0.4 is 4.90 Å². The summed E-state index contributed by atoms with van der Waals surface area (Å²) in [6.07, 6.45) is 0. The van der Waals surface area contributed by atoms with E-state index >= 15 is 0 Å². The summed E-state index contributed by atoms with van der Waals surface area (Å²) in [6, 6.07) is 14.8. The zero-order valence-corrected chi connectivity index (χ0v) is 16.1. The van der Waals surface area contributed by atoms with Crippen molar-refractivity contribution < 1.29 is 14.3 Å². The van der Waals surface area contributed by atoms with Crippen molar-refractivity contribution in [3.05, 3.63) is 64.1 Å². The molecule has 0 atom stereocenters. The minimum atomic E-state index is -0.510. The molecule has 1 amide bonds. The fourth-order valence-electron chi connectivity index (χ4n) is 2.17. The Morgan fingerprint density at radius 1 is 0.960 bits per heavy atom. The van der Waals surface area contributed by atoms with Crippen molar-refractivity contribution in [3.8, 4) is 0 Å². The van der Waals surface area contributed by atoms with Crippen LogP contribution in [-0.4, -0.2) is 44.5 Å². The van der Waals surface area contributed by atoms with Crippen molar-refractivity contribution >= 4 is 33.5 Å². The fraction of sp³-hybridized carbons (Fsp3) is 0.263. The van der Waals surface area contributed by atoms with Gasteiger partial charge in [-0.3, -0.25) is 4.79 Å². The highest BCUT2D eigenvalue weighted by Gasteiger charge is 2.14. The number of halogens is 1. The Bertz CT molecular complexity index is 727. The Hall–Kier alpha value is -2.34. The van der Waals surface area contributed by atoms with Crippen molar-refractivity contribution in [1.29, 1.82) is 0 Å². The van der Waals surface area contributed by atoms with Crippen LogP contribution in [0.15, 0.2) is 53.0 Å². The van der Waals surface area contributed by atoms with Gasteiger partial charge in [-0.15, -0.1) is 0 Å². The van der Waals surface area contributed by atoms with Gasteiger partial charge in [0.25, 0.3) is 5.91 Å². The summed E-state index contributed by atoms with van der Waals surface area (Å²) in [4.78, 5) is 27.6. The number of rotatable bonds is 6. The standard InChI is InChI=1S/C19H21BrN2O3/c1-21(2)17-10-4-14(5-11-17)12-22(3)18(23)13-25-19(24)15-6-8-16(20)9-7-15/h4-11H,12-13H2,1-3H3. The van der Waals surface area contributed by atoms with E-state index in [0.29, 0.717) is 12.1 Å². The molecule has 0 aliphatic heterocycles. The van der Waals surface area contributed by atoms with Crippen LogP contribution in [0.5, 0.6) is 0 Å². The van der Waals surface area contributed by atoms with Crippen LogP contribution >= 0.6 is 15.9 Å². The lowest BCUT2D eigenvalue weighted by Gasteiger charge is -2.18. The minimum Gasteiger partial charge on any atom is -0.452 e. The maximum atomic E-state index is 12.1. The third-order valence-electron chi connectivity index (χ3n) is 3.70. The zero-order chi connectivity index (χ0) is 18.4. The SMILES string of the molecule is CN(Cc1ccc(N(C)C)cc1)C(=O)COC(=O)c1ccc(Br)cc1. The number of hydrogen-bond acceptors (Lipinski definition) is 4. The third kappa shape index (κ3) is 5.60. The van der Waals surface area contributed by atoms with Gasteiger partial charge in [-0.1, -0.05) is 28.1 Å². The monoisotopic (exact) mass is 404 g/mol. The smallest absolute Gasteiger partial charge is 0.338 e. The van der Waals surface area contributed by atoms with E-state index in [1.165, 1.54) is 0 Å². The predicted molar refractivity (Wildman–Crippen MR) is 102 cm³/mol. The van der Waals surface area contributed by atoms with Gasteiger partial charge in [0.15, 0.2) is 6.61 Å². The summed E-state index contributed by atoms with van der Waals surface area (Å²) in [7, 11) is 5.64. The molecule has 2 aromatic carbocycles. The maximum Gasteiger partial charge on any atom is 0.338 e. The molecule has 0 spiro atoms. The third-order valence-corrected chi connectivity index (χ3v) is 4.23. The van der Waals surface area contributed by atoms with Gasteiger partial charge in [0.2, 0.25) is 0 Å². The molecule has 0 bridgehead atoms. The maximum absolute atomic E-state index is 12.1. The number of hydrogen-bond donors (Lipinski definition) is 0. The molecule has 25 heavy (non-hydrogen) atoms. The van der Waals surface area contributed by atoms with Crippen molar-refractivity contribution in [1.82, 2.24) is 4.90 Å². The van der Waals surface area contributed by atoms with Gasteiger partial charge in [0, 0.05) is 37.8 Å². The second kappa shape index (κ2) is 8.67. The first-order valence-electron chi connectivity index (χ1n) is 7.79. The Balaban J connectivity index is 1.85. The van der Waals surface area contributed by atoms with E-state index in [2.05, 4.69) is 15.9 Å². The Labute approximate surface area is 156 Å². The average molecular weight is 405 g/mol. The van der Waals surface area contributed by atoms with Crippen LogP contribution in [0.1, 0.15) is 15.9 Å². The van der Waals surface area contributed by atoms with Crippen LogP contribution in [-0.2, 0) is 16.1 Å². The van der Waals surface area contributed by atoms with E-state index in [4.69, 9.17) is 4.74 Å². The lowest BCUT2D eigenvalue weighted by molar-refractivity contribution is -0.133. The molecule has 0 unspecified atom stereocenters. The van der Waals surface area contributed by atoms with E-state index in [0.717, 1.165) is 15.7 Å². The lowest BCUT2D eigenvalue weighted by Crippen LogP contribution is -2.30. The zero-order valence-electron chi connectivity index (χ0n) is 14.5. The molecule has 0 aromatic heterocycles. The van der Waals surface area contributed by atoms with Crippen LogP contribution in [0.4, 0.5) is 5.69 Å². The molecule has 6 heteroatoms. The van der Waals surface area contributed by atoms with E-state index in [9.17, 15) is 9.59 Å². The van der Waals surface area contributed by atoms with E-state index in [1.807, 2.05) is 43.3 Å². The van der Waals surface area contributed by atoms with Crippen molar-refractivity contribution in [2.45, 2.75) is 6.54 Å². The molecule has 0 N–H and O–H groups in total. The highest BCUT2D eigenvalue weighted by atomic mass is 79.9. The number of benzene rings is 2. The highest BCUT2D eigenvalue weighted by Crippen LogP contribution is 2.14. The molecule has 0 radical (unpaired) electrons. The number of likely N-dealkylation sites (N-methyl/N-ethyl adjacent to an activating group) is 1. The number of anilines is 1. The minimum absolute atomic E-state index is 0.248. The summed E-state index contributed by atoms with van der Waals surface area (Å²) in [5.41, 5.74) is 2.53. The fourth-order valence-corrected chi connectivity index (χ4v) is 2.43. The summed E-state index contributed by atoms with van der Waals surface area (Å²) < 4.78 is 5.96. The summed E-state index contributed by atoms with van der Waals surface area (Å²) >= 11 is 3.30. The highest BCUT2D eigenvalue weighted by molar-refractivity contribution is 9.10. The molecule has 0 heterocycles. The first-order valence-corrected chi connectivity index (χ1v) is 8.59. The molecule has 2 rings (SSSR count). The molecule has 5 nitrogen and oxygen atoms in total. The van der Waals surface area contributed by atoms with Gasteiger partial charge in [0.05, 0.1) is 5.56 Å². The molecular formula is C19H21BrN2O3. The number of carbonyl (C=O) groups excluding carboxylic acids is 2. The molecule has 2 aromatic rings. The normalized spacial score (nSPS) is 10.2. The van der Waals surface area contributed by atoms with Gasteiger partial charge in [0.1, 0.15) is 0 Å². The molecule has 0 saturated heterocycles. The molecule has 0 aliphatic rings. The number of carbonyl (C=O) groups is 2. The predicted octanol–water partition coefficient (Wildman–Crippen LogP) is 3.33. The molecule has 132 valence electrons. The van der Waals surface area contributed by atoms with Crippen LogP contribution in [0.25, 0.3) is 0 Å². The van der Waals surface area contributed by atoms with E-state index in [-0.39, 0.29) is 12.5 Å². The van der Waals surface area contributed by atoms with Crippen LogP contribution in [0.3, 0.4) is 0 Å².